The van der Waals surface area contributed by atoms with Gasteiger partial charge in [-0.3, -0.25) is 4.79 Å². The first kappa shape index (κ1) is 21.1. The SMILES string of the molecule is O=C(/C=C/c1ccc(OC2OC(CO)C(O)C(O)C2O)cc1)c1ccc(F)cc1. The van der Waals surface area contributed by atoms with Gasteiger partial charge in [-0.1, -0.05) is 18.2 Å². The van der Waals surface area contributed by atoms with Crippen LogP contribution in [0.4, 0.5) is 4.39 Å². The Morgan fingerprint density at radius 2 is 1.66 bits per heavy atom. The smallest absolute Gasteiger partial charge is 0.229 e. The number of carbonyl (C=O) groups is 1. The van der Waals surface area contributed by atoms with E-state index in [1.54, 1.807) is 30.3 Å². The molecule has 5 atom stereocenters. The molecule has 0 bridgehead atoms. The lowest BCUT2D eigenvalue weighted by Crippen LogP contribution is -2.60. The third-order valence-corrected chi connectivity index (χ3v) is 4.54. The van der Waals surface area contributed by atoms with Crippen molar-refractivity contribution in [3.63, 3.8) is 0 Å². The Morgan fingerprint density at radius 1 is 1.00 bits per heavy atom. The number of ketones is 1. The Hall–Kier alpha value is -2.62. The summed E-state index contributed by atoms with van der Waals surface area (Å²) >= 11 is 0. The lowest BCUT2D eigenvalue weighted by atomic mass is 9.99. The van der Waals surface area contributed by atoms with Crippen molar-refractivity contribution in [2.24, 2.45) is 0 Å². The molecule has 0 spiro atoms. The average Bonchev–Trinajstić information content (AvgIpc) is 2.74. The van der Waals surface area contributed by atoms with E-state index in [9.17, 15) is 29.6 Å². The molecule has 4 N–H and O–H groups in total. The molecule has 1 heterocycles. The van der Waals surface area contributed by atoms with Gasteiger partial charge >= 0.3 is 0 Å². The first-order valence-electron chi connectivity index (χ1n) is 8.94. The van der Waals surface area contributed by atoms with Gasteiger partial charge in [-0.15, -0.1) is 0 Å². The van der Waals surface area contributed by atoms with Gasteiger partial charge in [0.15, 0.2) is 5.78 Å². The summed E-state index contributed by atoms with van der Waals surface area (Å²) in [5.41, 5.74) is 1.06. The van der Waals surface area contributed by atoms with Gasteiger partial charge in [0, 0.05) is 5.56 Å². The fraction of sp³-hybridized carbons (Fsp3) is 0.286. The van der Waals surface area contributed by atoms with Crippen LogP contribution >= 0.6 is 0 Å². The summed E-state index contributed by atoms with van der Waals surface area (Å²) in [6, 6.07) is 11.7. The predicted molar refractivity (Wildman–Crippen MR) is 101 cm³/mol. The molecule has 1 saturated heterocycles. The fourth-order valence-electron chi connectivity index (χ4n) is 2.84. The maximum Gasteiger partial charge on any atom is 0.229 e. The first-order valence-corrected chi connectivity index (χ1v) is 8.94. The Balaban J connectivity index is 1.62. The largest absolute Gasteiger partial charge is 0.462 e. The van der Waals surface area contributed by atoms with Gasteiger partial charge in [0.2, 0.25) is 6.29 Å². The maximum atomic E-state index is 12.9. The summed E-state index contributed by atoms with van der Waals surface area (Å²) in [5, 5.41) is 38.8. The molecule has 0 radical (unpaired) electrons. The van der Waals surface area contributed by atoms with Gasteiger partial charge in [-0.05, 0) is 48.0 Å². The fourth-order valence-corrected chi connectivity index (χ4v) is 2.84. The molecule has 7 nitrogen and oxygen atoms in total. The van der Waals surface area contributed by atoms with Crippen molar-refractivity contribution in [3.05, 3.63) is 71.6 Å². The van der Waals surface area contributed by atoms with Crippen LogP contribution in [0.3, 0.4) is 0 Å². The van der Waals surface area contributed by atoms with Crippen LogP contribution in [0.25, 0.3) is 6.08 Å². The van der Waals surface area contributed by atoms with Crippen molar-refractivity contribution in [1.82, 2.24) is 0 Å². The number of hydrogen-bond acceptors (Lipinski definition) is 7. The number of aliphatic hydroxyl groups is 4. The molecule has 1 aliphatic heterocycles. The molecule has 2 aromatic rings. The second-order valence-corrected chi connectivity index (χ2v) is 6.59. The van der Waals surface area contributed by atoms with Gasteiger partial charge in [-0.25, -0.2) is 4.39 Å². The minimum Gasteiger partial charge on any atom is -0.462 e. The molecule has 2 aromatic carbocycles. The summed E-state index contributed by atoms with van der Waals surface area (Å²) in [5.74, 6) is -0.372. The lowest BCUT2D eigenvalue weighted by molar-refractivity contribution is -0.277. The Kier molecular flexibility index (Phi) is 6.73. The second kappa shape index (κ2) is 9.25. The second-order valence-electron chi connectivity index (χ2n) is 6.59. The minimum atomic E-state index is -1.52. The molecule has 3 rings (SSSR count). The molecular formula is C21H21FO7. The summed E-state index contributed by atoms with van der Waals surface area (Å²) in [6.45, 7) is -0.545. The number of rotatable bonds is 6. The summed E-state index contributed by atoms with van der Waals surface area (Å²) in [7, 11) is 0. The van der Waals surface area contributed by atoms with Crippen molar-refractivity contribution >= 4 is 11.9 Å². The summed E-state index contributed by atoms with van der Waals surface area (Å²) < 4.78 is 23.7. The number of halogens is 1. The molecule has 1 aliphatic rings. The number of hydrogen-bond donors (Lipinski definition) is 4. The van der Waals surface area contributed by atoms with E-state index < -0.39 is 43.1 Å². The molecule has 1 fully saturated rings. The molecule has 5 unspecified atom stereocenters. The van der Waals surface area contributed by atoms with E-state index in [0.717, 1.165) is 0 Å². The third-order valence-electron chi connectivity index (χ3n) is 4.54. The van der Waals surface area contributed by atoms with E-state index in [2.05, 4.69) is 0 Å². The highest BCUT2D eigenvalue weighted by atomic mass is 19.1. The van der Waals surface area contributed by atoms with Gasteiger partial charge in [-0.2, -0.15) is 0 Å². The molecule has 0 aliphatic carbocycles. The highest BCUT2D eigenvalue weighted by Crippen LogP contribution is 2.24. The van der Waals surface area contributed by atoms with Crippen LogP contribution in [0.5, 0.6) is 5.75 Å². The van der Waals surface area contributed by atoms with Crippen LogP contribution in [0, 0.1) is 5.82 Å². The zero-order chi connectivity index (χ0) is 21.0. The van der Waals surface area contributed by atoms with Crippen molar-refractivity contribution in [3.8, 4) is 5.75 Å². The molecule has 0 saturated carbocycles. The third kappa shape index (κ3) is 5.06. The van der Waals surface area contributed by atoms with Gasteiger partial charge in [0.1, 0.15) is 36.0 Å². The Morgan fingerprint density at radius 3 is 2.28 bits per heavy atom. The first-order chi connectivity index (χ1) is 13.9. The van der Waals surface area contributed by atoms with Crippen molar-refractivity contribution in [2.45, 2.75) is 30.7 Å². The zero-order valence-corrected chi connectivity index (χ0v) is 15.3. The van der Waals surface area contributed by atoms with Crippen molar-refractivity contribution in [1.29, 1.82) is 0 Å². The summed E-state index contributed by atoms with van der Waals surface area (Å²) in [4.78, 5) is 12.1. The van der Waals surface area contributed by atoms with Crippen LogP contribution in [0.1, 0.15) is 15.9 Å². The van der Waals surface area contributed by atoms with E-state index in [0.29, 0.717) is 16.9 Å². The molecule has 8 heteroatoms. The van der Waals surface area contributed by atoms with Crippen LogP contribution in [-0.4, -0.2) is 63.5 Å². The molecule has 29 heavy (non-hydrogen) atoms. The minimum absolute atomic E-state index is 0.272. The summed E-state index contributed by atoms with van der Waals surface area (Å²) in [6.07, 6.45) is -3.86. The van der Waals surface area contributed by atoms with Crippen LogP contribution in [0.2, 0.25) is 0 Å². The highest BCUT2D eigenvalue weighted by molar-refractivity contribution is 6.06. The van der Waals surface area contributed by atoms with Gasteiger partial charge in [0.25, 0.3) is 0 Å². The Labute approximate surface area is 166 Å². The normalized spacial score (nSPS) is 27.1. The molecular weight excluding hydrogens is 383 g/mol. The van der Waals surface area contributed by atoms with Gasteiger partial charge in [0.05, 0.1) is 6.61 Å². The van der Waals surface area contributed by atoms with E-state index in [1.165, 1.54) is 30.3 Å². The Bertz CT molecular complexity index is 848. The number of ether oxygens (including phenoxy) is 2. The van der Waals surface area contributed by atoms with Crippen LogP contribution < -0.4 is 4.74 Å². The predicted octanol–water partition coefficient (Wildman–Crippen LogP) is 0.900. The molecule has 0 aromatic heterocycles. The van der Waals surface area contributed by atoms with Crippen molar-refractivity contribution < 1.29 is 39.1 Å². The van der Waals surface area contributed by atoms with Gasteiger partial charge < -0.3 is 29.9 Å². The molecule has 0 amide bonds. The van der Waals surface area contributed by atoms with E-state index in [1.807, 2.05) is 0 Å². The average molecular weight is 404 g/mol. The van der Waals surface area contributed by atoms with Crippen LogP contribution in [0.15, 0.2) is 54.6 Å². The number of aliphatic hydroxyl groups excluding tert-OH is 4. The lowest BCUT2D eigenvalue weighted by Gasteiger charge is -2.39. The quantitative estimate of drug-likeness (QED) is 0.418. The van der Waals surface area contributed by atoms with Crippen LogP contribution in [-0.2, 0) is 4.74 Å². The standard InChI is InChI=1S/C21H21FO7/c22-14-6-4-13(5-7-14)16(24)10-3-12-1-8-15(9-2-12)28-21-20(27)19(26)18(25)17(11-23)29-21/h1-10,17-21,23,25-27H,11H2/b10-3+. The maximum absolute atomic E-state index is 12.9. The zero-order valence-electron chi connectivity index (χ0n) is 15.3. The van der Waals surface area contributed by atoms with E-state index in [4.69, 9.17) is 9.47 Å². The topological polar surface area (TPSA) is 116 Å². The number of carbonyl (C=O) groups excluding carboxylic acids is 1. The number of allylic oxidation sites excluding steroid dienone is 1. The van der Waals surface area contributed by atoms with E-state index >= 15 is 0 Å². The highest BCUT2D eigenvalue weighted by Gasteiger charge is 2.44. The van der Waals surface area contributed by atoms with Crippen molar-refractivity contribution in [2.75, 3.05) is 6.61 Å². The molecule has 154 valence electrons. The monoisotopic (exact) mass is 404 g/mol. The van der Waals surface area contributed by atoms with E-state index in [-0.39, 0.29) is 5.78 Å². The number of benzene rings is 2.